The van der Waals surface area contributed by atoms with Gasteiger partial charge in [0.25, 0.3) is 5.91 Å². The molecule has 0 unspecified atom stereocenters. The van der Waals surface area contributed by atoms with Crippen molar-refractivity contribution in [1.29, 1.82) is 0 Å². The number of benzene rings is 1. The summed E-state index contributed by atoms with van der Waals surface area (Å²) in [5.74, 6) is 0.274. The molecule has 4 heteroatoms. The zero-order valence-corrected chi connectivity index (χ0v) is 12.9. The summed E-state index contributed by atoms with van der Waals surface area (Å²) in [5, 5.41) is 0. The number of amides is 1. The zero-order valence-electron chi connectivity index (χ0n) is 12.9. The molecule has 0 N–H and O–H groups in total. The lowest BCUT2D eigenvalue weighted by molar-refractivity contribution is 0.0565. The SMILES string of the molecule is O=C(c1ccccn1)N1[C@@H]2CC[C@H]1C[C@@H](c1ccc(F)cc1)C2. The van der Waals surface area contributed by atoms with Gasteiger partial charge in [-0.05, 0) is 61.4 Å². The Hall–Kier alpha value is -2.23. The predicted octanol–water partition coefficient (Wildman–Crippen LogP) is 3.77. The first kappa shape index (κ1) is 14.4. The summed E-state index contributed by atoms with van der Waals surface area (Å²) < 4.78 is 13.1. The number of hydrogen-bond acceptors (Lipinski definition) is 2. The first-order chi connectivity index (χ1) is 11.2. The third kappa shape index (κ3) is 2.62. The molecule has 0 aliphatic carbocycles. The van der Waals surface area contributed by atoms with E-state index in [0.717, 1.165) is 25.7 Å². The van der Waals surface area contributed by atoms with Gasteiger partial charge in [-0.3, -0.25) is 9.78 Å². The van der Waals surface area contributed by atoms with Crippen LogP contribution >= 0.6 is 0 Å². The van der Waals surface area contributed by atoms with E-state index in [1.807, 2.05) is 29.2 Å². The van der Waals surface area contributed by atoms with E-state index in [1.54, 1.807) is 12.3 Å². The lowest BCUT2D eigenvalue weighted by Gasteiger charge is -2.39. The normalized spacial score (nSPS) is 26.3. The van der Waals surface area contributed by atoms with Gasteiger partial charge in [-0.15, -0.1) is 0 Å². The van der Waals surface area contributed by atoms with Gasteiger partial charge in [0.15, 0.2) is 0 Å². The summed E-state index contributed by atoms with van der Waals surface area (Å²) in [6.07, 6.45) is 5.70. The fraction of sp³-hybridized carbons (Fsp3) is 0.368. The van der Waals surface area contributed by atoms with Gasteiger partial charge < -0.3 is 4.90 Å². The van der Waals surface area contributed by atoms with Crippen LogP contribution in [0.1, 0.15) is 47.7 Å². The average Bonchev–Trinajstić information content (AvgIpc) is 2.85. The standard InChI is InChI=1S/C19H19FN2O/c20-15-6-4-13(5-7-15)14-11-16-8-9-17(12-14)22(16)19(23)18-3-1-2-10-21-18/h1-7,10,14,16-17H,8-9,11-12H2/t14-,16+,17-. The number of nitrogens with zero attached hydrogens (tertiary/aromatic N) is 2. The Labute approximate surface area is 135 Å². The second-order valence-electron chi connectivity index (χ2n) is 6.53. The topological polar surface area (TPSA) is 33.2 Å². The highest BCUT2D eigenvalue weighted by molar-refractivity contribution is 5.93. The lowest BCUT2D eigenvalue weighted by Crippen LogP contribution is -2.46. The summed E-state index contributed by atoms with van der Waals surface area (Å²) in [5.41, 5.74) is 1.72. The number of rotatable bonds is 2. The third-order valence-corrected chi connectivity index (χ3v) is 5.19. The van der Waals surface area contributed by atoms with Crippen LogP contribution in [0.5, 0.6) is 0 Å². The van der Waals surface area contributed by atoms with Crippen molar-refractivity contribution in [3.8, 4) is 0 Å². The summed E-state index contributed by atoms with van der Waals surface area (Å²) in [6.45, 7) is 0. The minimum absolute atomic E-state index is 0.0515. The maximum absolute atomic E-state index is 13.1. The Morgan fingerprint density at radius 1 is 1.04 bits per heavy atom. The lowest BCUT2D eigenvalue weighted by atomic mass is 9.85. The molecule has 4 rings (SSSR count). The average molecular weight is 310 g/mol. The molecule has 2 bridgehead atoms. The van der Waals surface area contributed by atoms with Crippen molar-refractivity contribution in [2.75, 3.05) is 0 Å². The summed E-state index contributed by atoms with van der Waals surface area (Å²) in [4.78, 5) is 19.0. The van der Waals surface area contributed by atoms with Crippen LogP contribution in [0.25, 0.3) is 0 Å². The zero-order chi connectivity index (χ0) is 15.8. The van der Waals surface area contributed by atoms with Gasteiger partial charge >= 0.3 is 0 Å². The Balaban J connectivity index is 1.54. The van der Waals surface area contributed by atoms with Gasteiger partial charge in [0.1, 0.15) is 11.5 Å². The van der Waals surface area contributed by atoms with Gasteiger partial charge in [0.05, 0.1) is 0 Å². The smallest absolute Gasteiger partial charge is 0.272 e. The van der Waals surface area contributed by atoms with Gasteiger partial charge in [-0.2, -0.15) is 0 Å². The Bertz CT molecular complexity index is 687. The fourth-order valence-electron chi connectivity index (χ4n) is 4.14. The molecule has 1 aromatic carbocycles. The first-order valence-corrected chi connectivity index (χ1v) is 8.21. The number of carbonyl (C=O) groups excluding carboxylic acids is 1. The highest BCUT2D eigenvalue weighted by atomic mass is 19.1. The molecule has 118 valence electrons. The second-order valence-corrected chi connectivity index (χ2v) is 6.53. The van der Waals surface area contributed by atoms with Crippen LogP contribution in [-0.4, -0.2) is 27.9 Å². The molecule has 1 aromatic heterocycles. The summed E-state index contributed by atoms with van der Waals surface area (Å²) >= 11 is 0. The minimum Gasteiger partial charge on any atom is -0.331 e. The molecule has 2 aromatic rings. The second kappa shape index (κ2) is 5.76. The van der Waals surface area contributed by atoms with E-state index in [-0.39, 0.29) is 23.8 Å². The number of pyridine rings is 1. The molecule has 3 nitrogen and oxygen atoms in total. The van der Waals surface area contributed by atoms with Crippen molar-refractivity contribution < 1.29 is 9.18 Å². The van der Waals surface area contributed by atoms with Gasteiger partial charge in [0, 0.05) is 18.3 Å². The quantitative estimate of drug-likeness (QED) is 0.846. The number of aromatic nitrogens is 1. The highest BCUT2D eigenvalue weighted by Gasteiger charge is 2.43. The highest BCUT2D eigenvalue weighted by Crippen LogP contribution is 2.43. The van der Waals surface area contributed by atoms with E-state index in [1.165, 1.54) is 17.7 Å². The number of fused-ring (bicyclic) bond motifs is 2. The molecule has 23 heavy (non-hydrogen) atoms. The molecule has 1 amide bonds. The largest absolute Gasteiger partial charge is 0.331 e. The number of hydrogen-bond donors (Lipinski definition) is 0. The molecular weight excluding hydrogens is 291 g/mol. The van der Waals surface area contributed by atoms with Crippen molar-refractivity contribution in [3.63, 3.8) is 0 Å². The van der Waals surface area contributed by atoms with Crippen LogP contribution in [0.3, 0.4) is 0 Å². The van der Waals surface area contributed by atoms with Crippen molar-refractivity contribution in [2.45, 2.75) is 43.7 Å². The van der Waals surface area contributed by atoms with E-state index < -0.39 is 0 Å². The molecule has 2 saturated heterocycles. The van der Waals surface area contributed by atoms with Crippen LogP contribution in [0.4, 0.5) is 4.39 Å². The maximum atomic E-state index is 13.1. The van der Waals surface area contributed by atoms with Crippen molar-refractivity contribution in [1.82, 2.24) is 9.88 Å². The van der Waals surface area contributed by atoms with E-state index >= 15 is 0 Å². The Morgan fingerprint density at radius 3 is 2.35 bits per heavy atom. The number of piperidine rings is 1. The van der Waals surface area contributed by atoms with Crippen molar-refractivity contribution in [3.05, 3.63) is 65.7 Å². The number of carbonyl (C=O) groups is 1. The first-order valence-electron chi connectivity index (χ1n) is 8.21. The minimum atomic E-state index is -0.195. The van der Waals surface area contributed by atoms with Gasteiger partial charge in [-0.25, -0.2) is 4.39 Å². The number of halogens is 1. The molecular formula is C19H19FN2O. The van der Waals surface area contributed by atoms with Crippen molar-refractivity contribution in [2.24, 2.45) is 0 Å². The third-order valence-electron chi connectivity index (χ3n) is 5.19. The van der Waals surface area contributed by atoms with E-state index in [4.69, 9.17) is 0 Å². The van der Waals surface area contributed by atoms with Gasteiger partial charge in [-0.1, -0.05) is 18.2 Å². The predicted molar refractivity (Wildman–Crippen MR) is 85.6 cm³/mol. The monoisotopic (exact) mass is 310 g/mol. The van der Waals surface area contributed by atoms with E-state index in [9.17, 15) is 9.18 Å². The van der Waals surface area contributed by atoms with Crippen LogP contribution in [0, 0.1) is 5.82 Å². The fourth-order valence-corrected chi connectivity index (χ4v) is 4.14. The molecule has 0 radical (unpaired) electrons. The molecule has 0 spiro atoms. The molecule has 3 heterocycles. The van der Waals surface area contributed by atoms with Crippen LogP contribution in [0.2, 0.25) is 0 Å². The molecule has 0 saturated carbocycles. The van der Waals surface area contributed by atoms with Crippen LogP contribution < -0.4 is 0 Å². The summed E-state index contributed by atoms with van der Waals surface area (Å²) in [7, 11) is 0. The molecule has 2 aliphatic rings. The molecule has 2 fully saturated rings. The van der Waals surface area contributed by atoms with Gasteiger partial charge in [0.2, 0.25) is 0 Å². The summed E-state index contributed by atoms with van der Waals surface area (Å²) in [6, 6.07) is 12.8. The van der Waals surface area contributed by atoms with E-state index in [2.05, 4.69) is 4.98 Å². The Morgan fingerprint density at radius 2 is 1.74 bits per heavy atom. The maximum Gasteiger partial charge on any atom is 0.272 e. The molecule has 2 aliphatic heterocycles. The van der Waals surface area contributed by atoms with Crippen LogP contribution in [-0.2, 0) is 0 Å². The van der Waals surface area contributed by atoms with Crippen LogP contribution in [0.15, 0.2) is 48.7 Å². The molecule has 3 atom stereocenters. The van der Waals surface area contributed by atoms with Crippen molar-refractivity contribution >= 4 is 5.91 Å². The van der Waals surface area contributed by atoms with E-state index in [0.29, 0.717) is 11.6 Å². The Kier molecular flexibility index (Phi) is 3.60.